The fourth-order valence-electron chi connectivity index (χ4n) is 2.68. The van der Waals surface area contributed by atoms with Crippen LogP contribution in [0.15, 0.2) is 35.9 Å². The van der Waals surface area contributed by atoms with Gasteiger partial charge in [-0.3, -0.25) is 4.79 Å². The van der Waals surface area contributed by atoms with Crippen LogP contribution in [0.1, 0.15) is 30.9 Å². The fourth-order valence-corrected chi connectivity index (χ4v) is 2.68. The number of nitrogens with one attached hydrogen (secondary N) is 1. The molecule has 1 heterocycles. The molecule has 0 radical (unpaired) electrons. The van der Waals surface area contributed by atoms with E-state index in [1.54, 1.807) is 7.11 Å². The van der Waals surface area contributed by atoms with E-state index in [-0.39, 0.29) is 11.9 Å². The van der Waals surface area contributed by atoms with Gasteiger partial charge in [0, 0.05) is 12.0 Å². The Kier molecular flexibility index (Phi) is 4.25. The average molecular weight is 287 g/mol. The van der Waals surface area contributed by atoms with Gasteiger partial charge in [0.2, 0.25) is 5.91 Å². The van der Waals surface area contributed by atoms with E-state index in [1.807, 2.05) is 30.3 Å². The number of rotatable bonds is 5. The van der Waals surface area contributed by atoms with Crippen LogP contribution in [0.25, 0.3) is 0 Å². The number of hydrogen-bond donors (Lipinski definition) is 1. The first-order chi connectivity index (χ1) is 10.3. The zero-order chi connectivity index (χ0) is 14.7. The molecule has 1 unspecified atom stereocenters. The normalized spacial score (nSPS) is 19.6. The molecule has 112 valence electrons. The van der Waals surface area contributed by atoms with Crippen LogP contribution in [0.4, 0.5) is 0 Å². The minimum Gasteiger partial charge on any atom is -0.497 e. The lowest BCUT2D eigenvalue weighted by Gasteiger charge is -2.21. The fraction of sp³-hybridized carbons (Fsp3) is 0.471. The molecule has 4 heteroatoms. The second-order valence-electron chi connectivity index (χ2n) is 5.62. The third-order valence-corrected chi connectivity index (χ3v) is 4.11. The molecule has 2 aliphatic rings. The Morgan fingerprint density at radius 1 is 1.33 bits per heavy atom. The van der Waals surface area contributed by atoms with Crippen molar-refractivity contribution in [2.45, 2.75) is 25.3 Å². The molecule has 4 nitrogen and oxygen atoms in total. The van der Waals surface area contributed by atoms with Gasteiger partial charge in [-0.1, -0.05) is 18.2 Å². The van der Waals surface area contributed by atoms with Crippen LogP contribution in [0.2, 0.25) is 0 Å². The maximum atomic E-state index is 12.4. The van der Waals surface area contributed by atoms with E-state index >= 15 is 0 Å². The highest BCUT2D eigenvalue weighted by atomic mass is 16.5. The maximum absolute atomic E-state index is 12.4. The summed E-state index contributed by atoms with van der Waals surface area (Å²) >= 11 is 0. The first kappa shape index (κ1) is 14.1. The van der Waals surface area contributed by atoms with Gasteiger partial charge in [0.05, 0.1) is 26.4 Å². The van der Waals surface area contributed by atoms with Gasteiger partial charge in [-0.2, -0.15) is 0 Å². The van der Waals surface area contributed by atoms with Gasteiger partial charge >= 0.3 is 0 Å². The van der Waals surface area contributed by atoms with Crippen LogP contribution in [0.3, 0.4) is 0 Å². The van der Waals surface area contributed by atoms with Crippen molar-refractivity contribution in [2.75, 3.05) is 20.3 Å². The molecule has 21 heavy (non-hydrogen) atoms. The van der Waals surface area contributed by atoms with Crippen molar-refractivity contribution >= 4 is 5.91 Å². The second kappa shape index (κ2) is 6.31. The Bertz CT molecular complexity index is 531. The Hall–Kier alpha value is -1.81. The summed E-state index contributed by atoms with van der Waals surface area (Å²) in [7, 11) is 1.66. The molecule has 1 aromatic carbocycles. The van der Waals surface area contributed by atoms with E-state index < -0.39 is 0 Å². The molecule has 1 fully saturated rings. The molecule has 1 N–H and O–H groups in total. The molecule has 1 aromatic rings. The number of methoxy groups -OCH3 is 1. The van der Waals surface area contributed by atoms with E-state index in [0.717, 1.165) is 16.9 Å². The highest BCUT2D eigenvalue weighted by Crippen LogP contribution is 2.41. The van der Waals surface area contributed by atoms with Crippen molar-refractivity contribution in [3.05, 3.63) is 41.5 Å². The highest BCUT2D eigenvalue weighted by Gasteiger charge is 2.33. The van der Waals surface area contributed by atoms with Gasteiger partial charge < -0.3 is 14.8 Å². The molecule has 0 spiro atoms. The van der Waals surface area contributed by atoms with Crippen molar-refractivity contribution in [2.24, 2.45) is 5.92 Å². The topological polar surface area (TPSA) is 47.6 Å². The Morgan fingerprint density at radius 2 is 2.10 bits per heavy atom. The van der Waals surface area contributed by atoms with Crippen molar-refractivity contribution in [3.63, 3.8) is 0 Å². The van der Waals surface area contributed by atoms with Gasteiger partial charge in [-0.05, 0) is 36.5 Å². The number of carbonyl (C=O) groups excluding carboxylic acids is 1. The van der Waals surface area contributed by atoms with Crippen molar-refractivity contribution < 1.29 is 14.3 Å². The summed E-state index contributed by atoms with van der Waals surface area (Å²) in [5, 5.41) is 3.20. The summed E-state index contributed by atoms with van der Waals surface area (Å²) in [6.45, 7) is 1.18. The molecule has 1 amide bonds. The standard InChI is InChI=1S/C17H21NO3/c1-20-15-6-4-13(5-7-15)16(12-2-3-12)18-17(19)14-8-10-21-11-9-14/h4-8,12,16H,2-3,9-11H2,1H3,(H,18,19). The summed E-state index contributed by atoms with van der Waals surface area (Å²) in [5.74, 6) is 1.44. The zero-order valence-corrected chi connectivity index (χ0v) is 12.3. The van der Waals surface area contributed by atoms with Gasteiger partial charge in [-0.25, -0.2) is 0 Å². The van der Waals surface area contributed by atoms with Crippen molar-refractivity contribution in [3.8, 4) is 5.75 Å². The maximum Gasteiger partial charge on any atom is 0.247 e. The van der Waals surface area contributed by atoms with E-state index in [0.29, 0.717) is 25.6 Å². The first-order valence-corrected chi connectivity index (χ1v) is 7.49. The Labute approximate surface area is 125 Å². The third kappa shape index (κ3) is 3.45. The number of ether oxygens (including phenoxy) is 2. The summed E-state index contributed by atoms with van der Waals surface area (Å²) in [5.41, 5.74) is 2.00. The van der Waals surface area contributed by atoms with Crippen LogP contribution in [-0.2, 0) is 9.53 Å². The molecule has 1 aliphatic heterocycles. The Balaban J connectivity index is 1.72. The van der Waals surface area contributed by atoms with Gasteiger partial charge in [-0.15, -0.1) is 0 Å². The van der Waals surface area contributed by atoms with Crippen LogP contribution in [-0.4, -0.2) is 26.2 Å². The summed E-state index contributed by atoms with van der Waals surface area (Å²) < 4.78 is 10.4. The minimum absolute atomic E-state index is 0.0472. The third-order valence-electron chi connectivity index (χ3n) is 4.11. The van der Waals surface area contributed by atoms with Gasteiger partial charge in [0.25, 0.3) is 0 Å². The van der Waals surface area contributed by atoms with Gasteiger partial charge in [0.1, 0.15) is 5.75 Å². The molecule has 0 saturated heterocycles. The molecule has 3 rings (SSSR count). The molecular formula is C17H21NO3. The SMILES string of the molecule is COc1ccc(C(NC(=O)C2=CCOCC2)C2CC2)cc1. The van der Waals surface area contributed by atoms with E-state index in [1.165, 1.54) is 12.8 Å². The van der Waals surface area contributed by atoms with Crippen molar-refractivity contribution in [1.82, 2.24) is 5.32 Å². The molecule has 1 atom stereocenters. The quantitative estimate of drug-likeness (QED) is 0.905. The van der Waals surface area contributed by atoms with Crippen LogP contribution in [0, 0.1) is 5.92 Å². The number of amides is 1. The van der Waals surface area contributed by atoms with Crippen LogP contribution < -0.4 is 10.1 Å². The predicted molar refractivity (Wildman–Crippen MR) is 80.1 cm³/mol. The minimum atomic E-state index is 0.0472. The molecule has 0 bridgehead atoms. The molecule has 0 aromatic heterocycles. The largest absolute Gasteiger partial charge is 0.497 e. The Morgan fingerprint density at radius 3 is 2.67 bits per heavy atom. The molecule has 1 aliphatic carbocycles. The van der Waals surface area contributed by atoms with Crippen LogP contribution in [0.5, 0.6) is 5.75 Å². The predicted octanol–water partition coefficient (Wildman–Crippen LogP) is 2.61. The highest BCUT2D eigenvalue weighted by molar-refractivity contribution is 5.93. The lowest BCUT2D eigenvalue weighted by Crippen LogP contribution is -2.32. The van der Waals surface area contributed by atoms with E-state index in [4.69, 9.17) is 9.47 Å². The molecule has 1 saturated carbocycles. The van der Waals surface area contributed by atoms with Crippen LogP contribution >= 0.6 is 0 Å². The number of carbonyl (C=O) groups is 1. The van der Waals surface area contributed by atoms with Crippen molar-refractivity contribution in [1.29, 1.82) is 0 Å². The number of benzene rings is 1. The van der Waals surface area contributed by atoms with E-state index in [2.05, 4.69) is 5.32 Å². The number of hydrogen-bond acceptors (Lipinski definition) is 3. The zero-order valence-electron chi connectivity index (χ0n) is 12.3. The smallest absolute Gasteiger partial charge is 0.247 e. The monoisotopic (exact) mass is 287 g/mol. The lowest BCUT2D eigenvalue weighted by molar-refractivity contribution is -0.118. The van der Waals surface area contributed by atoms with Gasteiger partial charge in [0.15, 0.2) is 0 Å². The summed E-state index contributed by atoms with van der Waals surface area (Å²) in [6.07, 6.45) is 4.95. The summed E-state index contributed by atoms with van der Waals surface area (Å²) in [6, 6.07) is 8.09. The first-order valence-electron chi connectivity index (χ1n) is 7.49. The van der Waals surface area contributed by atoms with E-state index in [9.17, 15) is 4.79 Å². The lowest BCUT2D eigenvalue weighted by atomic mass is 10.0. The second-order valence-corrected chi connectivity index (χ2v) is 5.62. The molecular weight excluding hydrogens is 266 g/mol. The average Bonchev–Trinajstić information content (AvgIpc) is 3.38. The summed E-state index contributed by atoms with van der Waals surface area (Å²) in [4.78, 5) is 12.4.